The highest BCUT2D eigenvalue weighted by atomic mass is 79.9. The smallest absolute Gasteiger partial charge is 0.262 e. The maximum Gasteiger partial charge on any atom is 0.262 e. The zero-order valence-electron chi connectivity index (χ0n) is 17.5. The molecule has 31 heavy (non-hydrogen) atoms. The molecule has 1 heterocycles. The van der Waals surface area contributed by atoms with Crippen LogP contribution in [0.5, 0.6) is 11.5 Å². The molecule has 1 saturated heterocycles. The van der Waals surface area contributed by atoms with Gasteiger partial charge in [-0.25, -0.2) is 0 Å². The van der Waals surface area contributed by atoms with E-state index in [-0.39, 0.29) is 12.5 Å². The van der Waals surface area contributed by atoms with Crippen LogP contribution in [0, 0.1) is 11.3 Å². The lowest BCUT2D eigenvalue weighted by atomic mass is 10.1. The first-order valence-corrected chi connectivity index (χ1v) is 11.1. The largest absolute Gasteiger partial charge is 0.490 e. The van der Waals surface area contributed by atoms with Crippen LogP contribution < -0.4 is 14.8 Å². The maximum atomic E-state index is 12.3. The highest BCUT2D eigenvalue weighted by Crippen LogP contribution is 2.36. The summed E-state index contributed by atoms with van der Waals surface area (Å²) < 4.78 is 17.2. The summed E-state index contributed by atoms with van der Waals surface area (Å²) in [6, 6.07) is 13.2. The van der Waals surface area contributed by atoms with E-state index in [4.69, 9.17) is 19.5 Å². The van der Waals surface area contributed by atoms with Crippen molar-refractivity contribution in [3.05, 3.63) is 52.0 Å². The van der Waals surface area contributed by atoms with Crippen LogP contribution in [-0.4, -0.2) is 56.9 Å². The summed E-state index contributed by atoms with van der Waals surface area (Å²) in [5.74, 6) is 0.542. The first kappa shape index (κ1) is 23.1. The number of nitriles is 1. The maximum absolute atomic E-state index is 12.3. The molecule has 1 amide bonds. The van der Waals surface area contributed by atoms with Crippen molar-refractivity contribution < 1.29 is 19.0 Å². The van der Waals surface area contributed by atoms with E-state index in [0.29, 0.717) is 33.8 Å². The molecule has 1 aliphatic rings. The Hall–Kier alpha value is -2.60. The lowest BCUT2D eigenvalue weighted by Gasteiger charge is -2.26. The van der Waals surface area contributed by atoms with Crippen molar-refractivity contribution in [1.82, 2.24) is 4.90 Å². The van der Waals surface area contributed by atoms with Gasteiger partial charge in [-0.05, 0) is 53.0 Å². The van der Waals surface area contributed by atoms with E-state index in [2.05, 4.69) is 32.2 Å². The van der Waals surface area contributed by atoms with E-state index in [1.807, 2.05) is 31.2 Å². The topological polar surface area (TPSA) is 83.8 Å². The third kappa shape index (κ3) is 6.96. The van der Waals surface area contributed by atoms with Crippen molar-refractivity contribution in [1.29, 1.82) is 5.26 Å². The molecule has 0 spiro atoms. The number of hydrogen-bond acceptors (Lipinski definition) is 6. The summed E-state index contributed by atoms with van der Waals surface area (Å²) in [7, 11) is 0. The number of amides is 1. The third-order valence-corrected chi connectivity index (χ3v) is 5.43. The zero-order valence-corrected chi connectivity index (χ0v) is 19.1. The number of ether oxygens (including phenoxy) is 3. The predicted molar refractivity (Wildman–Crippen MR) is 122 cm³/mol. The Morgan fingerprint density at radius 3 is 2.65 bits per heavy atom. The zero-order chi connectivity index (χ0) is 22.1. The lowest BCUT2D eigenvalue weighted by molar-refractivity contribution is -0.118. The Morgan fingerprint density at radius 2 is 1.97 bits per heavy atom. The summed E-state index contributed by atoms with van der Waals surface area (Å²) in [4.78, 5) is 14.7. The van der Waals surface area contributed by atoms with Gasteiger partial charge in [-0.1, -0.05) is 12.1 Å². The quantitative estimate of drug-likeness (QED) is 0.581. The molecule has 0 atom stereocenters. The van der Waals surface area contributed by atoms with E-state index in [0.717, 1.165) is 39.3 Å². The van der Waals surface area contributed by atoms with Gasteiger partial charge in [0.25, 0.3) is 5.91 Å². The molecule has 0 saturated carbocycles. The molecule has 7 nitrogen and oxygen atoms in total. The second-order valence-corrected chi connectivity index (χ2v) is 7.92. The lowest BCUT2D eigenvalue weighted by Crippen LogP contribution is -2.37. The Kier molecular flexibility index (Phi) is 8.71. The number of rotatable bonds is 9. The van der Waals surface area contributed by atoms with E-state index < -0.39 is 0 Å². The number of nitrogens with zero attached hydrogens (tertiary/aromatic N) is 2. The van der Waals surface area contributed by atoms with Crippen LogP contribution in [0.4, 0.5) is 5.69 Å². The fraction of sp³-hybridized carbons (Fsp3) is 0.391. The van der Waals surface area contributed by atoms with Gasteiger partial charge in [-0.15, -0.1) is 0 Å². The minimum absolute atomic E-state index is 0.177. The van der Waals surface area contributed by atoms with Gasteiger partial charge in [0.2, 0.25) is 0 Å². The van der Waals surface area contributed by atoms with E-state index in [9.17, 15) is 4.79 Å². The Bertz CT molecular complexity index is 922. The van der Waals surface area contributed by atoms with Gasteiger partial charge < -0.3 is 19.5 Å². The molecule has 0 unspecified atom stereocenters. The predicted octanol–water partition coefficient (Wildman–Crippen LogP) is 3.61. The van der Waals surface area contributed by atoms with Crippen molar-refractivity contribution in [3.63, 3.8) is 0 Å². The van der Waals surface area contributed by atoms with Crippen molar-refractivity contribution in [2.75, 3.05) is 51.4 Å². The minimum Gasteiger partial charge on any atom is -0.490 e. The summed E-state index contributed by atoms with van der Waals surface area (Å²) >= 11 is 3.38. The number of hydrogen-bond donors (Lipinski definition) is 1. The molecular formula is C23H26BrN3O4. The molecule has 0 bridgehead atoms. The first-order chi connectivity index (χ1) is 15.1. The van der Waals surface area contributed by atoms with Gasteiger partial charge in [0.15, 0.2) is 18.1 Å². The minimum atomic E-state index is -0.278. The van der Waals surface area contributed by atoms with E-state index >= 15 is 0 Å². The van der Waals surface area contributed by atoms with Crippen LogP contribution in [0.1, 0.15) is 18.1 Å². The third-order valence-electron chi connectivity index (χ3n) is 4.84. The molecule has 2 aromatic rings. The SMILES string of the molecule is CCOc1cc(C#N)cc(Br)c1OCC(=O)Nc1ccc(CCN2CCOCC2)cc1. The van der Waals surface area contributed by atoms with Crippen molar-refractivity contribution in [2.24, 2.45) is 0 Å². The van der Waals surface area contributed by atoms with Gasteiger partial charge in [0.1, 0.15) is 0 Å². The first-order valence-electron chi connectivity index (χ1n) is 10.3. The number of halogens is 1. The molecule has 1 aliphatic heterocycles. The highest BCUT2D eigenvalue weighted by molar-refractivity contribution is 9.10. The second kappa shape index (κ2) is 11.7. The standard InChI is InChI=1S/C23H26BrN3O4/c1-2-30-21-14-18(15-25)13-20(24)23(21)31-16-22(28)26-19-5-3-17(4-6-19)7-8-27-9-11-29-12-10-27/h3-6,13-14H,2,7-12,16H2,1H3,(H,26,28). The second-order valence-electron chi connectivity index (χ2n) is 7.07. The molecular weight excluding hydrogens is 462 g/mol. The molecule has 2 aromatic carbocycles. The molecule has 164 valence electrons. The molecule has 0 radical (unpaired) electrons. The van der Waals surface area contributed by atoms with Gasteiger partial charge in [-0.2, -0.15) is 5.26 Å². The Morgan fingerprint density at radius 1 is 1.23 bits per heavy atom. The summed E-state index contributed by atoms with van der Waals surface area (Å²) in [6.07, 6.45) is 0.963. The number of morpholine rings is 1. The monoisotopic (exact) mass is 487 g/mol. The van der Waals surface area contributed by atoms with E-state index in [1.165, 1.54) is 5.56 Å². The average molecular weight is 488 g/mol. The molecule has 0 aromatic heterocycles. The Balaban J connectivity index is 1.51. The van der Waals surface area contributed by atoms with Gasteiger partial charge >= 0.3 is 0 Å². The molecule has 1 fully saturated rings. The van der Waals surface area contributed by atoms with Crippen molar-refractivity contribution in [2.45, 2.75) is 13.3 Å². The van der Waals surface area contributed by atoms with Gasteiger partial charge in [0, 0.05) is 31.4 Å². The van der Waals surface area contributed by atoms with Crippen LogP contribution >= 0.6 is 15.9 Å². The van der Waals surface area contributed by atoms with Crippen molar-refractivity contribution >= 4 is 27.5 Å². The molecule has 8 heteroatoms. The fourth-order valence-corrected chi connectivity index (χ4v) is 3.79. The van der Waals surface area contributed by atoms with Crippen LogP contribution in [0.25, 0.3) is 0 Å². The normalized spacial score (nSPS) is 14.0. The van der Waals surface area contributed by atoms with Crippen LogP contribution in [0.15, 0.2) is 40.9 Å². The van der Waals surface area contributed by atoms with Crippen LogP contribution in [-0.2, 0) is 16.0 Å². The molecule has 1 N–H and O–H groups in total. The average Bonchev–Trinajstić information content (AvgIpc) is 2.78. The van der Waals surface area contributed by atoms with Crippen LogP contribution in [0.2, 0.25) is 0 Å². The summed E-state index contributed by atoms with van der Waals surface area (Å²) in [6.45, 7) is 6.66. The highest BCUT2D eigenvalue weighted by Gasteiger charge is 2.14. The number of benzene rings is 2. The van der Waals surface area contributed by atoms with Gasteiger partial charge in [0.05, 0.1) is 35.9 Å². The fourth-order valence-electron chi connectivity index (χ4n) is 3.24. The number of carbonyl (C=O) groups excluding carboxylic acids is 1. The summed E-state index contributed by atoms with van der Waals surface area (Å²) in [5.41, 5.74) is 2.39. The van der Waals surface area contributed by atoms with Gasteiger partial charge in [-0.3, -0.25) is 9.69 Å². The molecule has 0 aliphatic carbocycles. The number of nitrogens with one attached hydrogen (secondary N) is 1. The number of carbonyl (C=O) groups is 1. The van der Waals surface area contributed by atoms with Crippen molar-refractivity contribution in [3.8, 4) is 17.6 Å². The Labute approximate surface area is 191 Å². The van der Waals surface area contributed by atoms with E-state index in [1.54, 1.807) is 12.1 Å². The molecule has 3 rings (SSSR count). The van der Waals surface area contributed by atoms with Crippen LogP contribution in [0.3, 0.4) is 0 Å². The number of anilines is 1. The summed E-state index contributed by atoms with van der Waals surface area (Å²) in [5, 5.41) is 11.9.